The number of amides is 1. The molecule has 3 rings (SSSR count). The molecule has 0 aromatic heterocycles. The highest BCUT2D eigenvalue weighted by Gasteiger charge is 2.20. The number of rotatable bonds is 7. The zero-order valence-corrected chi connectivity index (χ0v) is 16.7. The van der Waals surface area contributed by atoms with Gasteiger partial charge in [0.1, 0.15) is 5.75 Å². The molecule has 1 atom stereocenters. The number of hydrogen-bond donors (Lipinski definition) is 1. The van der Waals surface area contributed by atoms with E-state index in [4.69, 9.17) is 4.74 Å². The van der Waals surface area contributed by atoms with Gasteiger partial charge in [-0.3, -0.25) is 4.79 Å². The highest BCUT2D eigenvalue weighted by atomic mass is 16.5. The van der Waals surface area contributed by atoms with Crippen molar-refractivity contribution in [2.24, 2.45) is 0 Å². The highest BCUT2D eigenvalue weighted by molar-refractivity contribution is 5.95. The summed E-state index contributed by atoms with van der Waals surface area (Å²) in [6.07, 6.45) is 0.0543. The lowest BCUT2D eigenvalue weighted by Crippen LogP contribution is -2.32. The van der Waals surface area contributed by atoms with E-state index >= 15 is 0 Å². The first-order chi connectivity index (χ1) is 13.6. The Kier molecular flexibility index (Phi) is 6.49. The molecule has 3 nitrogen and oxygen atoms in total. The third kappa shape index (κ3) is 4.80. The minimum atomic E-state index is -0.539. The van der Waals surface area contributed by atoms with Gasteiger partial charge in [-0.15, -0.1) is 0 Å². The Balaban J connectivity index is 1.69. The molecule has 3 aromatic rings. The minimum Gasteiger partial charge on any atom is -0.481 e. The maximum Gasteiger partial charge on any atom is 0.265 e. The summed E-state index contributed by atoms with van der Waals surface area (Å²) in [5.74, 6) is 0.907. The largest absolute Gasteiger partial charge is 0.481 e. The van der Waals surface area contributed by atoms with Gasteiger partial charge in [0.2, 0.25) is 0 Å². The summed E-state index contributed by atoms with van der Waals surface area (Å²) in [6.45, 7) is 6.19. The van der Waals surface area contributed by atoms with Gasteiger partial charge in [0.25, 0.3) is 5.91 Å². The smallest absolute Gasteiger partial charge is 0.265 e. The van der Waals surface area contributed by atoms with Crippen molar-refractivity contribution in [2.75, 3.05) is 5.32 Å². The van der Waals surface area contributed by atoms with Crippen LogP contribution in [0.2, 0.25) is 0 Å². The molecule has 144 valence electrons. The van der Waals surface area contributed by atoms with E-state index in [-0.39, 0.29) is 5.91 Å². The van der Waals surface area contributed by atoms with Crippen molar-refractivity contribution in [3.05, 3.63) is 84.4 Å². The molecule has 1 N–H and O–H groups in total. The van der Waals surface area contributed by atoms with Crippen LogP contribution in [0.15, 0.2) is 78.9 Å². The van der Waals surface area contributed by atoms with Gasteiger partial charge in [0.15, 0.2) is 6.10 Å². The number of para-hydroxylation sites is 1. The quantitative estimate of drug-likeness (QED) is 0.530. The number of hydrogen-bond acceptors (Lipinski definition) is 2. The molecule has 0 radical (unpaired) electrons. The van der Waals surface area contributed by atoms with Crippen molar-refractivity contribution < 1.29 is 9.53 Å². The first-order valence-corrected chi connectivity index (χ1v) is 9.80. The van der Waals surface area contributed by atoms with Crippen LogP contribution < -0.4 is 10.1 Å². The Morgan fingerprint density at radius 2 is 1.46 bits per heavy atom. The van der Waals surface area contributed by atoms with Crippen molar-refractivity contribution in [1.82, 2.24) is 0 Å². The molecular weight excluding hydrogens is 346 g/mol. The van der Waals surface area contributed by atoms with E-state index in [2.05, 4.69) is 31.3 Å². The molecule has 28 heavy (non-hydrogen) atoms. The van der Waals surface area contributed by atoms with Gasteiger partial charge in [0, 0.05) is 5.69 Å². The molecule has 0 aliphatic carbocycles. The van der Waals surface area contributed by atoms with Crippen molar-refractivity contribution in [2.45, 2.75) is 39.2 Å². The van der Waals surface area contributed by atoms with Gasteiger partial charge in [-0.2, -0.15) is 0 Å². The fraction of sp³-hybridized carbons (Fsp3) is 0.240. The predicted octanol–water partition coefficient (Wildman–Crippen LogP) is 6.27. The van der Waals surface area contributed by atoms with Gasteiger partial charge in [-0.05, 0) is 47.2 Å². The number of carbonyl (C=O) groups excluding carboxylic acids is 1. The van der Waals surface area contributed by atoms with Crippen molar-refractivity contribution in [3.8, 4) is 16.9 Å². The average molecular weight is 373 g/mol. The van der Waals surface area contributed by atoms with E-state index in [0.29, 0.717) is 18.1 Å². The number of benzene rings is 3. The first-order valence-electron chi connectivity index (χ1n) is 9.80. The molecule has 1 amide bonds. The standard InChI is InChI=1S/C25H27NO2/c1-4-24(25(27)26-23-13-9-8-12-22(23)18(2)3)28-21-16-14-20(15-17-21)19-10-6-5-7-11-19/h5-18,24H,4H2,1-3H3,(H,26,27). The maximum atomic E-state index is 12.8. The number of anilines is 1. The molecule has 3 heteroatoms. The van der Waals surface area contributed by atoms with Crippen LogP contribution in [0.5, 0.6) is 5.75 Å². The van der Waals surface area contributed by atoms with Crippen LogP contribution in [-0.4, -0.2) is 12.0 Å². The summed E-state index contributed by atoms with van der Waals surface area (Å²) in [5, 5.41) is 3.04. The molecule has 1 unspecified atom stereocenters. The lowest BCUT2D eigenvalue weighted by atomic mass is 10.0. The molecule has 0 heterocycles. The fourth-order valence-corrected chi connectivity index (χ4v) is 3.17. The molecular formula is C25H27NO2. The van der Waals surface area contributed by atoms with Gasteiger partial charge in [-0.1, -0.05) is 81.4 Å². The normalized spacial score (nSPS) is 11.9. The highest BCUT2D eigenvalue weighted by Crippen LogP contribution is 2.25. The van der Waals surface area contributed by atoms with Crippen LogP contribution in [0.25, 0.3) is 11.1 Å². The third-order valence-electron chi connectivity index (χ3n) is 4.74. The second-order valence-corrected chi connectivity index (χ2v) is 7.14. The van der Waals surface area contributed by atoms with E-state index in [9.17, 15) is 4.79 Å². The minimum absolute atomic E-state index is 0.122. The molecule has 0 spiro atoms. The Bertz CT molecular complexity index is 901. The van der Waals surface area contributed by atoms with Crippen LogP contribution in [0.3, 0.4) is 0 Å². The summed E-state index contributed by atoms with van der Waals surface area (Å²) in [5.41, 5.74) is 4.25. The molecule has 0 aliphatic heterocycles. The summed E-state index contributed by atoms with van der Waals surface area (Å²) >= 11 is 0. The van der Waals surface area contributed by atoms with Gasteiger partial charge in [-0.25, -0.2) is 0 Å². The van der Waals surface area contributed by atoms with E-state index in [1.54, 1.807) is 0 Å². The van der Waals surface area contributed by atoms with E-state index in [0.717, 1.165) is 22.4 Å². The van der Waals surface area contributed by atoms with E-state index < -0.39 is 6.10 Å². The summed E-state index contributed by atoms with van der Waals surface area (Å²) in [4.78, 5) is 12.8. The Morgan fingerprint density at radius 3 is 2.11 bits per heavy atom. The van der Waals surface area contributed by atoms with Crippen molar-refractivity contribution in [3.63, 3.8) is 0 Å². The zero-order chi connectivity index (χ0) is 19.9. The average Bonchev–Trinajstić information content (AvgIpc) is 2.73. The molecule has 0 saturated carbocycles. The van der Waals surface area contributed by atoms with Crippen LogP contribution >= 0.6 is 0 Å². The van der Waals surface area contributed by atoms with Crippen LogP contribution in [0.1, 0.15) is 38.7 Å². The Morgan fingerprint density at radius 1 is 0.857 bits per heavy atom. The Labute approximate surface area is 167 Å². The summed E-state index contributed by atoms with van der Waals surface area (Å²) in [6, 6.07) is 26.0. The second kappa shape index (κ2) is 9.23. The fourth-order valence-electron chi connectivity index (χ4n) is 3.17. The van der Waals surface area contributed by atoms with Gasteiger partial charge >= 0.3 is 0 Å². The van der Waals surface area contributed by atoms with Crippen LogP contribution in [0, 0.1) is 0 Å². The van der Waals surface area contributed by atoms with Gasteiger partial charge < -0.3 is 10.1 Å². The molecule has 0 saturated heterocycles. The molecule has 0 fully saturated rings. The number of ether oxygens (including phenoxy) is 1. The number of carbonyl (C=O) groups is 1. The predicted molar refractivity (Wildman–Crippen MR) is 116 cm³/mol. The van der Waals surface area contributed by atoms with Crippen LogP contribution in [0.4, 0.5) is 5.69 Å². The topological polar surface area (TPSA) is 38.3 Å². The van der Waals surface area contributed by atoms with Crippen molar-refractivity contribution >= 4 is 11.6 Å². The third-order valence-corrected chi connectivity index (χ3v) is 4.74. The Hall–Kier alpha value is -3.07. The molecule has 0 bridgehead atoms. The molecule has 0 aliphatic rings. The lowest BCUT2D eigenvalue weighted by molar-refractivity contribution is -0.122. The van der Waals surface area contributed by atoms with E-state index in [1.807, 2.05) is 73.7 Å². The van der Waals surface area contributed by atoms with Crippen molar-refractivity contribution in [1.29, 1.82) is 0 Å². The second-order valence-electron chi connectivity index (χ2n) is 7.14. The van der Waals surface area contributed by atoms with Crippen LogP contribution in [-0.2, 0) is 4.79 Å². The van der Waals surface area contributed by atoms with Gasteiger partial charge in [0.05, 0.1) is 0 Å². The molecule has 3 aromatic carbocycles. The summed E-state index contributed by atoms with van der Waals surface area (Å²) < 4.78 is 5.98. The lowest BCUT2D eigenvalue weighted by Gasteiger charge is -2.19. The first kappa shape index (κ1) is 19.7. The monoisotopic (exact) mass is 373 g/mol. The van der Waals surface area contributed by atoms with E-state index in [1.165, 1.54) is 0 Å². The zero-order valence-electron chi connectivity index (χ0n) is 16.7. The number of nitrogens with one attached hydrogen (secondary N) is 1. The maximum absolute atomic E-state index is 12.8. The SMILES string of the molecule is CCC(Oc1ccc(-c2ccccc2)cc1)C(=O)Nc1ccccc1C(C)C. The summed E-state index contributed by atoms with van der Waals surface area (Å²) in [7, 11) is 0.